The highest BCUT2D eigenvalue weighted by molar-refractivity contribution is 5.03. The zero-order valence-corrected chi connectivity index (χ0v) is 15.9. The highest BCUT2D eigenvalue weighted by Crippen LogP contribution is 2.56. The Bertz CT molecular complexity index is 494. The Kier molecular flexibility index (Phi) is 4.84. The molecule has 6 aliphatic rings. The van der Waals surface area contributed by atoms with Crippen LogP contribution in [-0.2, 0) is 4.74 Å². The summed E-state index contributed by atoms with van der Waals surface area (Å²) in [6.45, 7) is 0. The van der Waals surface area contributed by atoms with Crippen LogP contribution < -0.4 is 0 Å². The molecule has 0 aromatic rings. The third-order valence-corrected chi connectivity index (χ3v) is 8.91. The summed E-state index contributed by atoms with van der Waals surface area (Å²) in [5.74, 6) is 3.45. The fraction of sp³-hybridized carbons (Fsp3) is 1.00. The average Bonchev–Trinajstić information content (AvgIpc) is 2.61. The second kappa shape index (κ2) is 7.02. The van der Waals surface area contributed by atoms with Crippen molar-refractivity contribution in [3.63, 3.8) is 0 Å². The molecular weight excluding hydrogens is 328 g/mol. The molecule has 2 heterocycles. The molecule has 0 radical (unpaired) electrons. The van der Waals surface area contributed by atoms with Gasteiger partial charge in [0.15, 0.2) is 0 Å². The van der Waals surface area contributed by atoms with E-state index >= 15 is 0 Å². The van der Waals surface area contributed by atoms with Gasteiger partial charge in [-0.2, -0.15) is 0 Å². The SMILES string of the molecule is OC1CCC(CC2C(O)CC2C2CC(O)C2CC2CCC3CC2O3)CC1. The quantitative estimate of drug-likeness (QED) is 0.702. The van der Waals surface area contributed by atoms with Gasteiger partial charge in [-0.25, -0.2) is 0 Å². The number of aliphatic hydroxyl groups excluding tert-OH is 3. The van der Waals surface area contributed by atoms with Gasteiger partial charge in [0.25, 0.3) is 0 Å². The first-order valence-corrected chi connectivity index (χ1v) is 11.3. The first kappa shape index (κ1) is 17.9. The lowest BCUT2D eigenvalue weighted by molar-refractivity contribution is -0.202. The van der Waals surface area contributed by atoms with E-state index in [0.29, 0.717) is 47.7 Å². The summed E-state index contributed by atoms with van der Waals surface area (Å²) in [6, 6.07) is 0. The van der Waals surface area contributed by atoms with Gasteiger partial charge in [0.2, 0.25) is 0 Å². The summed E-state index contributed by atoms with van der Waals surface area (Å²) in [6.07, 6.45) is 12.7. The van der Waals surface area contributed by atoms with Crippen molar-refractivity contribution in [2.45, 2.75) is 101 Å². The van der Waals surface area contributed by atoms with Crippen LogP contribution in [0.5, 0.6) is 0 Å². The van der Waals surface area contributed by atoms with E-state index < -0.39 is 0 Å². The van der Waals surface area contributed by atoms with Crippen LogP contribution in [0.25, 0.3) is 0 Å². The van der Waals surface area contributed by atoms with Crippen LogP contribution in [0.1, 0.15) is 70.6 Å². The highest BCUT2D eigenvalue weighted by Gasteiger charge is 2.54. The van der Waals surface area contributed by atoms with E-state index in [-0.39, 0.29) is 18.3 Å². The van der Waals surface area contributed by atoms with E-state index in [2.05, 4.69) is 0 Å². The van der Waals surface area contributed by atoms with Crippen LogP contribution in [0.15, 0.2) is 0 Å². The topological polar surface area (TPSA) is 69.9 Å². The van der Waals surface area contributed by atoms with E-state index in [0.717, 1.165) is 51.4 Å². The third kappa shape index (κ3) is 3.15. The van der Waals surface area contributed by atoms with E-state index in [4.69, 9.17) is 4.74 Å². The number of hydrogen-bond donors (Lipinski definition) is 3. The molecule has 0 aromatic carbocycles. The van der Waals surface area contributed by atoms with Gasteiger partial charge in [-0.1, -0.05) is 0 Å². The smallest absolute Gasteiger partial charge is 0.0631 e. The Morgan fingerprint density at radius 1 is 0.692 bits per heavy atom. The molecule has 6 rings (SSSR count). The predicted octanol–water partition coefficient (Wildman–Crippen LogP) is 2.88. The number of ether oxygens (including phenoxy) is 1. The summed E-state index contributed by atoms with van der Waals surface area (Å²) >= 11 is 0. The first-order valence-electron chi connectivity index (χ1n) is 11.3. The molecular formula is C22H36O4. The minimum atomic E-state index is -0.129. The minimum Gasteiger partial charge on any atom is -0.393 e. The molecule has 0 amide bonds. The second-order valence-corrected chi connectivity index (χ2v) is 10.3. The van der Waals surface area contributed by atoms with Crippen LogP contribution in [0.4, 0.5) is 0 Å². The highest BCUT2D eigenvalue weighted by atomic mass is 16.5. The molecule has 3 N–H and O–H groups in total. The van der Waals surface area contributed by atoms with Crippen molar-refractivity contribution in [3.8, 4) is 0 Å². The van der Waals surface area contributed by atoms with Gasteiger partial charge in [0, 0.05) is 6.42 Å². The molecule has 26 heavy (non-hydrogen) atoms. The van der Waals surface area contributed by atoms with Gasteiger partial charge in [-0.3, -0.25) is 0 Å². The lowest BCUT2D eigenvalue weighted by Crippen LogP contribution is -2.56. The van der Waals surface area contributed by atoms with Gasteiger partial charge < -0.3 is 20.1 Å². The maximum Gasteiger partial charge on any atom is 0.0631 e. The Balaban J connectivity index is 1.17. The first-order chi connectivity index (χ1) is 12.6. The summed E-state index contributed by atoms with van der Waals surface area (Å²) in [4.78, 5) is 0. The number of fused-ring (bicyclic) bond motifs is 2. The fourth-order valence-electron chi connectivity index (χ4n) is 7.04. The molecule has 2 aliphatic heterocycles. The van der Waals surface area contributed by atoms with Gasteiger partial charge >= 0.3 is 0 Å². The average molecular weight is 365 g/mol. The van der Waals surface area contributed by atoms with Crippen molar-refractivity contribution >= 4 is 0 Å². The number of hydrogen-bond acceptors (Lipinski definition) is 4. The van der Waals surface area contributed by atoms with Crippen molar-refractivity contribution in [3.05, 3.63) is 0 Å². The zero-order valence-electron chi connectivity index (χ0n) is 15.9. The van der Waals surface area contributed by atoms with E-state index in [1.165, 1.54) is 19.3 Å². The molecule has 4 saturated carbocycles. The van der Waals surface area contributed by atoms with Gasteiger partial charge in [0.1, 0.15) is 0 Å². The monoisotopic (exact) mass is 364 g/mol. The fourth-order valence-corrected chi connectivity index (χ4v) is 7.04. The lowest BCUT2D eigenvalue weighted by atomic mass is 9.51. The maximum absolute atomic E-state index is 10.4. The molecule has 2 saturated heterocycles. The Labute approximate surface area is 157 Å². The van der Waals surface area contributed by atoms with Crippen molar-refractivity contribution in [1.29, 1.82) is 0 Å². The Morgan fingerprint density at radius 3 is 1.85 bits per heavy atom. The summed E-state index contributed by atoms with van der Waals surface area (Å²) in [7, 11) is 0. The third-order valence-electron chi connectivity index (χ3n) is 8.91. The number of rotatable bonds is 5. The van der Waals surface area contributed by atoms with Crippen molar-refractivity contribution in [1.82, 2.24) is 0 Å². The van der Waals surface area contributed by atoms with Crippen LogP contribution in [-0.4, -0.2) is 45.8 Å². The van der Waals surface area contributed by atoms with Crippen LogP contribution in [0.3, 0.4) is 0 Å². The lowest BCUT2D eigenvalue weighted by Gasteiger charge is -2.57. The van der Waals surface area contributed by atoms with Crippen LogP contribution in [0.2, 0.25) is 0 Å². The predicted molar refractivity (Wildman–Crippen MR) is 98.4 cm³/mol. The molecule has 0 aromatic heterocycles. The molecule has 4 nitrogen and oxygen atoms in total. The maximum atomic E-state index is 10.4. The molecule has 2 bridgehead atoms. The second-order valence-electron chi connectivity index (χ2n) is 10.3. The molecule has 9 atom stereocenters. The van der Waals surface area contributed by atoms with Crippen molar-refractivity contribution in [2.24, 2.45) is 35.5 Å². The van der Waals surface area contributed by atoms with Gasteiger partial charge in [-0.15, -0.1) is 0 Å². The molecule has 4 aliphatic carbocycles. The van der Waals surface area contributed by atoms with Crippen LogP contribution >= 0.6 is 0 Å². The standard InChI is InChI=1S/C22H36O4/c23-14-4-1-12(2-5-14)7-18-16(10-20(18)24)17-11-21(25)19(17)8-13-3-6-15-9-22(13)26-15/h12-25H,1-11H2. The van der Waals surface area contributed by atoms with E-state index in [1.807, 2.05) is 0 Å². The van der Waals surface area contributed by atoms with Gasteiger partial charge in [-0.05, 0) is 99.7 Å². The van der Waals surface area contributed by atoms with Gasteiger partial charge in [0.05, 0.1) is 30.5 Å². The van der Waals surface area contributed by atoms with E-state index in [1.54, 1.807) is 0 Å². The largest absolute Gasteiger partial charge is 0.393 e. The molecule has 0 spiro atoms. The normalized spacial score (nSPS) is 56.2. The summed E-state index contributed by atoms with van der Waals surface area (Å²) in [5.41, 5.74) is 0. The Morgan fingerprint density at radius 2 is 1.31 bits per heavy atom. The number of aliphatic hydroxyl groups is 3. The van der Waals surface area contributed by atoms with Crippen LogP contribution in [0, 0.1) is 35.5 Å². The molecule has 6 fully saturated rings. The summed E-state index contributed by atoms with van der Waals surface area (Å²) < 4.78 is 5.93. The molecule has 4 heteroatoms. The minimum absolute atomic E-state index is 0.0941. The molecule has 148 valence electrons. The molecule has 9 unspecified atom stereocenters. The Hall–Kier alpha value is -0.160. The summed E-state index contributed by atoms with van der Waals surface area (Å²) in [5, 5.41) is 30.6. The zero-order chi connectivity index (χ0) is 17.8. The van der Waals surface area contributed by atoms with Crippen molar-refractivity contribution < 1.29 is 20.1 Å². The van der Waals surface area contributed by atoms with Crippen molar-refractivity contribution in [2.75, 3.05) is 0 Å². The van der Waals surface area contributed by atoms with E-state index in [9.17, 15) is 15.3 Å².